The number of thioether (sulfide) groups is 1. The van der Waals surface area contributed by atoms with E-state index in [0.717, 1.165) is 24.9 Å². The molecular formula is C13H16N2O3S. The van der Waals surface area contributed by atoms with Crippen molar-refractivity contribution in [3.63, 3.8) is 0 Å². The number of carbonyl (C=O) groups is 2. The van der Waals surface area contributed by atoms with Crippen molar-refractivity contribution in [2.24, 2.45) is 0 Å². The van der Waals surface area contributed by atoms with Crippen LogP contribution in [0, 0.1) is 0 Å². The molecule has 1 aliphatic heterocycles. The van der Waals surface area contributed by atoms with Gasteiger partial charge in [0.1, 0.15) is 5.76 Å². The molecule has 0 bridgehead atoms. The van der Waals surface area contributed by atoms with Gasteiger partial charge in [-0.05, 0) is 37.0 Å². The summed E-state index contributed by atoms with van der Waals surface area (Å²) < 4.78 is 5.16. The average molecular weight is 280 g/mol. The highest BCUT2D eigenvalue weighted by atomic mass is 32.2. The fourth-order valence-electron chi connectivity index (χ4n) is 1.75. The maximum Gasteiger partial charge on any atom is 0.294 e. The van der Waals surface area contributed by atoms with Gasteiger partial charge >= 0.3 is 0 Å². The lowest BCUT2D eigenvalue weighted by molar-refractivity contribution is -0.124. The zero-order chi connectivity index (χ0) is 13.8. The first-order chi connectivity index (χ1) is 9.15. The van der Waals surface area contributed by atoms with Gasteiger partial charge in [-0.1, -0.05) is 13.8 Å². The van der Waals surface area contributed by atoms with Crippen molar-refractivity contribution in [1.29, 1.82) is 0 Å². The summed E-state index contributed by atoms with van der Waals surface area (Å²) >= 11 is 0.955. The van der Waals surface area contributed by atoms with E-state index in [1.807, 2.05) is 18.7 Å². The van der Waals surface area contributed by atoms with E-state index in [1.54, 1.807) is 18.2 Å². The molecule has 5 nitrogen and oxygen atoms in total. The molecule has 1 aromatic rings. The molecule has 1 aromatic heterocycles. The Morgan fingerprint density at radius 2 is 2.11 bits per heavy atom. The average Bonchev–Trinajstić information content (AvgIpc) is 2.99. The lowest BCUT2D eigenvalue weighted by atomic mass is 10.3. The molecule has 0 unspecified atom stereocenters. The highest BCUT2D eigenvalue weighted by Gasteiger charge is 2.35. The van der Waals surface area contributed by atoms with E-state index in [-0.39, 0.29) is 11.1 Å². The summed E-state index contributed by atoms with van der Waals surface area (Å²) in [4.78, 5) is 27.7. The molecule has 0 atom stereocenters. The zero-order valence-corrected chi connectivity index (χ0v) is 11.8. The second-order valence-corrected chi connectivity index (χ2v) is 5.06. The normalized spacial score (nSPS) is 18.1. The molecule has 0 spiro atoms. The van der Waals surface area contributed by atoms with Gasteiger partial charge in [0.05, 0.1) is 17.8 Å². The van der Waals surface area contributed by atoms with Gasteiger partial charge in [-0.3, -0.25) is 19.4 Å². The molecule has 1 fully saturated rings. The van der Waals surface area contributed by atoms with Crippen molar-refractivity contribution in [2.75, 3.05) is 19.8 Å². The Hall–Kier alpha value is -1.53. The summed E-state index contributed by atoms with van der Waals surface area (Å²) in [6, 6.07) is 3.49. The molecule has 6 heteroatoms. The van der Waals surface area contributed by atoms with Gasteiger partial charge < -0.3 is 4.42 Å². The molecule has 19 heavy (non-hydrogen) atoms. The summed E-state index contributed by atoms with van der Waals surface area (Å²) in [5.41, 5.74) is 0. The number of nitrogens with zero attached hydrogens (tertiary/aromatic N) is 2. The highest BCUT2D eigenvalue weighted by molar-refractivity contribution is 8.18. The Kier molecular flexibility index (Phi) is 4.44. The molecule has 0 saturated carbocycles. The molecule has 1 aliphatic rings. The Labute approximate surface area is 116 Å². The van der Waals surface area contributed by atoms with Crippen LogP contribution in [-0.2, 0) is 4.79 Å². The lowest BCUT2D eigenvalue weighted by Crippen LogP contribution is -2.40. The predicted molar refractivity (Wildman–Crippen MR) is 74.3 cm³/mol. The van der Waals surface area contributed by atoms with Gasteiger partial charge in [0.25, 0.3) is 11.1 Å². The summed E-state index contributed by atoms with van der Waals surface area (Å²) in [6.07, 6.45) is 3.14. The largest absolute Gasteiger partial charge is 0.465 e. The van der Waals surface area contributed by atoms with Crippen molar-refractivity contribution in [3.8, 4) is 0 Å². The van der Waals surface area contributed by atoms with Crippen LogP contribution in [0.15, 0.2) is 27.7 Å². The third-order valence-corrected chi connectivity index (χ3v) is 3.83. The van der Waals surface area contributed by atoms with Crippen molar-refractivity contribution in [1.82, 2.24) is 9.80 Å². The van der Waals surface area contributed by atoms with E-state index in [1.165, 1.54) is 11.2 Å². The first kappa shape index (κ1) is 13.9. The van der Waals surface area contributed by atoms with Gasteiger partial charge in [0.2, 0.25) is 0 Å². The van der Waals surface area contributed by atoms with E-state index in [4.69, 9.17) is 4.42 Å². The van der Waals surface area contributed by atoms with Gasteiger partial charge in [-0.2, -0.15) is 0 Å². The van der Waals surface area contributed by atoms with Gasteiger partial charge in [-0.15, -0.1) is 0 Å². The third-order valence-electron chi connectivity index (χ3n) is 2.93. The molecule has 0 aromatic carbocycles. The molecule has 102 valence electrons. The summed E-state index contributed by atoms with van der Waals surface area (Å²) in [5, 5.41) is -0.227. The van der Waals surface area contributed by atoms with Gasteiger partial charge in [0, 0.05) is 6.08 Å². The fraction of sp³-hybridized carbons (Fsp3) is 0.385. The van der Waals surface area contributed by atoms with E-state index in [2.05, 4.69) is 0 Å². The Morgan fingerprint density at radius 1 is 1.37 bits per heavy atom. The maximum absolute atomic E-state index is 12.2. The van der Waals surface area contributed by atoms with Gasteiger partial charge in [-0.25, -0.2) is 0 Å². The predicted octanol–water partition coefficient (Wildman–Crippen LogP) is 2.62. The van der Waals surface area contributed by atoms with Crippen molar-refractivity contribution in [3.05, 3.63) is 29.1 Å². The second kappa shape index (κ2) is 6.08. The van der Waals surface area contributed by atoms with Crippen LogP contribution in [0.4, 0.5) is 4.79 Å². The van der Waals surface area contributed by atoms with E-state index < -0.39 is 0 Å². The van der Waals surface area contributed by atoms with Crippen molar-refractivity contribution >= 4 is 29.0 Å². The Morgan fingerprint density at radius 3 is 2.68 bits per heavy atom. The third kappa shape index (κ3) is 3.08. The summed E-state index contributed by atoms with van der Waals surface area (Å²) in [5.74, 6) is 0.326. The number of furan rings is 1. The summed E-state index contributed by atoms with van der Waals surface area (Å²) in [7, 11) is 0. The topological polar surface area (TPSA) is 53.8 Å². The van der Waals surface area contributed by atoms with Gasteiger partial charge in [0.15, 0.2) is 0 Å². The minimum Gasteiger partial charge on any atom is -0.465 e. The van der Waals surface area contributed by atoms with Crippen LogP contribution in [0.2, 0.25) is 0 Å². The van der Waals surface area contributed by atoms with Crippen LogP contribution in [0.1, 0.15) is 19.6 Å². The minimum atomic E-state index is -0.252. The molecular weight excluding hydrogens is 264 g/mol. The number of carbonyl (C=O) groups excluding carboxylic acids is 2. The lowest BCUT2D eigenvalue weighted by Gasteiger charge is -2.23. The number of amides is 2. The first-order valence-corrected chi connectivity index (χ1v) is 6.98. The summed E-state index contributed by atoms with van der Waals surface area (Å²) in [6.45, 7) is 5.95. The molecule has 2 rings (SSSR count). The van der Waals surface area contributed by atoms with Crippen LogP contribution < -0.4 is 0 Å². The molecule has 0 radical (unpaired) electrons. The monoisotopic (exact) mass is 280 g/mol. The SMILES string of the molecule is CCN(CC)CN1C(=O)S/C(=C/c2ccco2)C1=O. The van der Waals surface area contributed by atoms with Crippen molar-refractivity contribution < 1.29 is 14.0 Å². The van der Waals surface area contributed by atoms with Crippen LogP contribution in [0.3, 0.4) is 0 Å². The number of hydrogen-bond donors (Lipinski definition) is 0. The quantitative estimate of drug-likeness (QED) is 0.776. The number of imide groups is 1. The maximum atomic E-state index is 12.2. The highest BCUT2D eigenvalue weighted by Crippen LogP contribution is 2.32. The van der Waals surface area contributed by atoms with Crippen LogP contribution in [0.5, 0.6) is 0 Å². The fourth-order valence-corrected chi connectivity index (χ4v) is 2.56. The second-order valence-electron chi connectivity index (χ2n) is 4.07. The smallest absolute Gasteiger partial charge is 0.294 e. The number of rotatable bonds is 5. The molecule has 0 aliphatic carbocycles. The standard InChI is InChI=1S/C13H16N2O3S/c1-3-14(4-2)9-15-12(16)11(19-13(15)17)8-10-6-5-7-18-10/h5-8H,3-4,9H2,1-2H3/b11-8+. The molecule has 1 saturated heterocycles. The van der Waals surface area contributed by atoms with E-state index in [9.17, 15) is 9.59 Å². The first-order valence-electron chi connectivity index (χ1n) is 6.17. The number of hydrogen-bond acceptors (Lipinski definition) is 5. The zero-order valence-electron chi connectivity index (χ0n) is 11.0. The van der Waals surface area contributed by atoms with Crippen LogP contribution >= 0.6 is 11.8 Å². The van der Waals surface area contributed by atoms with E-state index >= 15 is 0 Å². The molecule has 2 heterocycles. The van der Waals surface area contributed by atoms with Crippen LogP contribution in [-0.4, -0.2) is 40.7 Å². The van der Waals surface area contributed by atoms with Crippen molar-refractivity contribution in [2.45, 2.75) is 13.8 Å². The Balaban J connectivity index is 2.12. The molecule has 2 amide bonds. The molecule has 0 N–H and O–H groups in total. The van der Waals surface area contributed by atoms with Crippen LogP contribution in [0.25, 0.3) is 6.08 Å². The minimum absolute atomic E-state index is 0.227. The van der Waals surface area contributed by atoms with E-state index in [0.29, 0.717) is 17.3 Å². The Bertz CT molecular complexity index is 492.